The van der Waals surface area contributed by atoms with E-state index in [0.29, 0.717) is 0 Å². The maximum absolute atomic E-state index is 11.5. The highest BCUT2D eigenvalue weighted by Gasteiger charge is 2.07. The first-order chi connectivity index (χ1) is 7.13. The summed E-state index contributed by atoms with van der Waals surface area (Å²) in [6.45, 7) is 3.76. The quantitative estimate of drug-likeness (QED) is 0.704. The normalized spacial score (nSPS) is 10.2. The van der Waals surface area contributed by atoms with E-state index in [1.807, 2.05) is 31.2 Å². The predicted octanol–water partition coefficient (Wildman–Crippen LogP) is 2.02. The van der Waals surface area contributed by atoms with Gasteiger partial charge >= 0.3 is 0 Å². The second-order valence-electron chi connectivity index (χ2n) is 3.61. The minimum Gasteiger partial charge on any atom is -0.321 e. The van der Waals surface area contributed by atoms with Gasteiger partial charge in [0.05, 0.1) is 0 Å². The zero-order valence-electron chi connectivity index (χ0n) is 8.59. The molecule has 0 aliphatic carbocycles. The van der Waals surface area contributed by atoms with Crippen LogP contribution < -0.4 is 5.56 Å². The Morgan fingerprint density at radius 1 is 1.33 bits per heavy atom. The fraction of sp³-hybridized carbons (Fsp3) is 0.167. The predicted molar refractivity (Wildman–Crippen MR) is 58.8 cm³/mol. The fourth-order valence-electron chi connectivity index (χ4n) is 1.71. The van der Waals surface area contributed by atoms with E-state index in [-0.39, 0.29) is 11.1 Å². The topological polar surface area (TPSA) is 56.6 Å². The molecule has 0 aliphatic heterocycles. The van der Waals surface area contributed by atoms with E-state index < -0.39 is 0 Å². The highest BCUT2D eigenvalue weighted by atomic mass is 16.1. The molecule has 0 bridgehead atoms. The number of nitrogens with one attached hydrogen (secondary N) is 1. The van der Waals surface area contributed by atoms with Crippen LogP contribution in [-0.2, 0) is 0 Å². The molecule has 0 atom stereocenters. The molecule has 3 heteroatoms. The summed E-state index contributed by atoms with van der Waals surface area (Å²) in [7, 11) is 0. The first-order valence-corrected chi connectivity index (χ1v) is 4.67. The Labute approximate surface area is 87.0 Å². The van der Waals surface area contributed by atoms with E-state index in [2.05, 4.69) is 4.98 Å². The number of benzene rings is 1. The van der Waals surface area contributed by atoms with Crippen LogP contribution in [0.4, 0.5) is 0 Å². The van der Waals surface area contributed by atoms with Crippen molar-refractivity contribution in [3.05, 3.63) is 45.2 Å². The molecule has 15 heavy (non-hydrogen) atoms. The zero-order valence-corrected chi connectivity index (χ0v) is 8.59. The lowest BCUT2D eigenvalue weighted by molar-refractivity contribution is 1.24. The van der Waals surface area contributed by atoms with Crippen molar-refractivity contribution in [2.75, 3.05) is 0 Å². The summed E-state index contributed by atoms with van der Waals surface area (Å²) < 4.78 is 0. The molecule has 0 spiro atoms. The number of aromatic nitrogens is 1. The number of pyridine rings is 1. The lowest BCUT2D eigenvalue weighted by atomic mass is 10.0. The molecule has 0 amide bonds. The first-order valence-electron chi connectivity index (χ1n) is 4.67. The van der Waals surface area contributed by atoms with E-state index in [1.54, 1.807) is 6.92 Å². The van der Waals surface area contributed by atoms with E-state index in [4.69, 9.17) is 5.26 Å². The van der Waals surface area contributed by atoms with Crippen LogP contribution in [0, 0.1) is 25.2 Å². The monoisotopic (exact) mass is 198 g/mol. The van der Waals surface area contributed by atoms with Gasteiger partial charge in [-0.1, -0.05) is 12.1 Å². The van der Waals surface area contributed by atoms with Crippen LogP contribution in [0.1, 0.15) is 16.7 Å². The van der Waals surface area contributed by atoms with Gasteiger partial charge in [-0.25, -0.2) is 0 Å². The number of hydrogen-bond donors (Lipinski definition) is 1. The second-order valence-corrected chi connectivity index (χ2v) is 3.61. The van der Waals surface area contributed by atoms with Gasteiger partial charge in [0, 0.05) is 10.9 Å². The number of rotatable bonds is 0. The van der Waals surface area contributed by atoms with Crippen molar-refractivity contribution in [1.82, 2.24) is 4.98 Å². The number of fused-ring (bicyclic) bond motifs is 1. The molecule has 0 saturated heterocycles. The van der Waals surface area contributed by atoms with Crippen molar-refractivity contribution in [2.45, 2.75) is 13.8 Å². The van der Waals surface area contributed by atoms with E-state index in [1.165, 1.54) is 0 Å². The smallest absolute Gasteiger partial charge is 0.266 e. The number of H-pyrrole nitrogens is 1. The van der Waals surface area contributed by atoms with Crippen LogP contribution in [0.2, 0.25) is 0 Å². The van der Waals surface area contributed by atoms with Crippen LogP contribution in [0.3, 0.4) is 0 Å². The molecule has 0 fully saturated rings. The number of hydrogen-bond acceptors (Lipinski definition) is 2. The molecule has 0 aliphatic rings. The van der Waals surface area contributed by atoms with Gasteiger partial charge in [-0.05, 0) is 31.0 Å². The van der Waals surface area contributed by atoms with Gasteiger partial charge in [-0.3, -0.25) is 4.79 Å². The summed E-state index contributed by atoms with van der Waals surface area (Å²) in [5.74, 6) is 0. The number of aromatic amines is 1. The number of aryl methyl sites for hydroxylation is 2. The Balaban J connectivity index is 2.99. The second kappa shape index (κ2) is 3.25. The minimum absolute atomic E-state index is 0.200. The van der Waals surface area contributed by atoms with E-state index >= 15 is 0 Å². The molecule has 2 aromatic rings. The molecule has 1 N–H and O–H groups in total. The van der Waals surface area contributed by atoms with E-state index in [0.717, 1.165) is 22.0 Å². The van der Waals surface area contributed by atoms with Crippen LogP contribution in [0.5, 0.6) is 0 Å². The van der Waals surface area contributed by atoms with Crippen molar-refractivity contribution in [3.8, 4) is 6.07 Å². The molecule has 1 aromatic heterocycles. The molecular formula is C12H10N2O. The molecule has 3 nitrogen and oxygen atoms in total. The average molecular weight is 198 g/mol. The van der Waals surface area contributed by atoms with Crippen LogP contribution in [0.25, 0.3) is 10.9 Å². The summed E-state index contributed by atoms with van der Waals surface area (Å²) in [6.07, 6.45) is 0. The standard InChI is InChI=1S/C12H10N2O/c1-7-3-4-9-8(2)10(6-13)12(15)14-11(9)5-7/h3-5H,1-2H3,(H,14,15). The molecular weight excluding hydrogens is 188 g/mol. The maximum atomic E-state index is 11.5. The Kier molecular flexibility index (Phi) is 2.05. The lowest BCUT2D eigenvalue weighted by Gasteiger charge is -2.04. The van der Waals surface area contributed by atoms with Crippen molar-refractivity contribution in [3.63, 3.8) is 0 Å². The Morgan fingerprint density at radius 3 is 2.73 bits per heavy atom. The summed E-state index contributed by atoms with van der Waals surface area (Å²) in [5.41, 5.74) is 2.51. The third kappa shape index (κ3) is 1.40. The number of nitriles is 1. The Hall–Kier alpha value is -2.08. The summed E-state index contributed by atoms with van der Waals surface area (Å²) in [6, 6.07) is 7.73. The molecule has 0 saturated carbocycles. The Morgan fingerprint density at radius 2 is 2.07 bits per heavy atom. The van der Waals surface area contributed by atoms with Crippen molar-refractivity contribution >= 4 is 10.9 Å². The van der Waals surface area contributed by atoms with E-state index in [9.17, 15) is 4.79 Å². The molecule has 0 radical (unpaired) electrons. The van der Waals surface area contributed by atoms with Gasteiger partial charge in [-0.15, -0.1) is 0 Å². The highest BCUT2D eigenvalue weighted by Crippen LogP contribution is 2.17. The minimum atomic E-state index is -0.312. The summed E-state index contributed by atoms with van der Waals surface area (Å²) in [5, 5.41) is 9.77. The van der Waals surface area contributed by atoms with Gasteiger partial charge in [-0.2, -0.15) is 5.26 Å². The van der Waals surface area contributed by atoms with Gasteiger partial charge in [0.1, 0.15) is 11.6 Å². The average Bonchev–Trinajstić information content (AvgIpc) is 2.17. The van der Waals surface area contributed by atoms with Gasteiger partial charge in [0.25, 0.3) is 5.56 Å². The van der Waals surface area contributed by atoms with Crippen molar-refractivity contribution < 1.29 is 0 Å². The summed E-state index contributed by atoms with van der Waals surface area (Å²) >= 11 is 0. The number of nitrogens with zero attached hydrogens (tertiary/aromatic N) is 1. The van der Waals surface area contributed by atoms with Gasteiger partial charge in [0.2, 0.25) is 0 Å². The fourth-order valence-corrected chi connectivity index (χ4v) is 1.71. The summed E-state index contributed by atoms with van der Waals surface area (Å²) in [4.78, 5) is 14.2. The van der Waals surface area contributed by atoms with Gasteiger partial charge in [0.15, 0.2) is 0 Å². The molecule has 2 rings (SSSR count). The molecule has 74 valence electrons. The third-order valence-electron chi connectivity index (χ3n) is 2.54. The van der Waals surface area contributed by atoms with Crippen molar-refractivity contribution in [2.24, 2.45) is 0 Å². The van der Waals surface area contributed by atoms with Crippen LogP contribution in [0.15, 0.2) is 23.0 Å². The lowest BCUT2D eigenvalue weighted by Crippen LogP contribution is -2.12. The van der Waals surface area contributed by atoms with Crippen LogP contribution >= 0.6 is 0 Å². The highest BCUT2D eigenvalue weighted by molar-refractivity contribution is 5.84. The van der Waals surface area contributed by atoms with Crippen molar-refractivity contribution in [1.29, 1.82) is 5.26 Å². The Bertz CT molecular complexity index is 632. The largest absolute Gasteiger partial charge is 0.321 e. The molecule has 0 unspecified atom stereocenters. The van der Waals surface area contributed by atoms with Crippen LogP contribution in [-0.4, -0.2) is 4.98 Å². The third-order valence-corrected chi connectivity index (χ3v) is 2.54. The molecule has 1 heterocycles. The first kappa shape index (κ1) is 9.47. The zero-order chi connectivity index (χ0) is 11.0. The maximum Gasteiger partial charge on any atom is 0.266 e. The SMILES string of the molecule is Cc1ccc2c(C)c(C#N)c(=O)[nH]c2c1. The molecule has 1 aromatic carbocycles. The van der Waals surface area contributed by atoms with Gasteiger partial charge < -0.3 is 4.98 Å².